The average Bonchev–Trinajstić information content (AvgIpc) is 3.44. The van der Waals surface area contributed by atoms with Crippen LogP contribution in [-0.4, -0.2) is 42.9 Å². The van der Waals surface area contributed by atoms with Crippen molar-refractivity contribution in [1.29, 1.82) is 0 Å². The lowest BCUT2D eigenvalue weighted by molar-refractivity contribution is -0.111. The van der Waals surface area contributed by atoms with E-state index in [0.29, 0.717) is 6.61 Å². The summed E-state index contributed by atoms with van der Waals surface area (Å²) >= 11 is 1.68. The van der Waals surface area contributed by atoms with Crippen LogP contribution < -0.4 is 9.64 Å². The Hall–Kier alpha value is -2.70. The first kappa shape index (κ1) is 27.9. The smallest absolute Gasteiger partial charge is 0.185 e. The number of nitrogens with zero attached hydrogens (tertiary/aromatic N) is 3. The number of benzene rings is 2. The maximum atomic E-state index is 11.1. The monoisotopic (exact) mass is 545 g/mol. The van der Waals surface area contributed by atoms with Crippen LogP contribution in [0.1, 0.15) is 67.2 Å². The fourth-order valence-electron chi connectivity index (χ4n) is 6.09. The third-order valence-electron chi connectivity index (χ3n) is 8.44. The number of carbonyl (C=O) groups is 1. The van der Waals surface area contributed by atoms with E-state index in [9.17, 15) is 4.79 Å². The minimum atomic E-state index is 0.192. The first-order valence-electron chi connectivity index (χ1n) is 14.6. The highest BCUT2D eigenvalue weighted by Gasteiger charge is 2.22. The van der Waals surface area contributed by atoms with Crippen LogP contribution in [0.4, 0.5) is 5.13 Å². The van der Waals surface area contributed by atoms with Crippen molar-refractivity contribution in [1.82, 2.24) is 9.88 Å². The number of carbonyl (C=O) groups excluding carboxylic acids is 1. The molecule has 39 heavy (non-hydrogen) atoms. The van der Waals surface area contributed by atoms with Gasteiger partial charge < -0.3 is 19.3 Å². The second-order valence-corrected chi connectivity index (χ2v) is 12.6. The second-order valence-electron chi connectivity index (χ2n) is 11.7. The van der Waals surface area contributed by atoms with Gasteiger partial charge in [0.25, 0.3) is 0 Å². The Morgan fingerprint density at radius 2 is 1.85 bits per heavy atom. The number of hydrogen-bond acceptors (Lipinski definition) is 6. The van der Waals surface area contributed by atoms with Crippen LogP contribution in [0.3, 0.4) is 0 Å². The van der Waals surface area contributed by atoms with Gasteiger partial charge in [0, 0.05) is 43.0 Å². The van der Waals surface area contributed by atoms with Crippen LogP contribution in [0.15, 0.2) is 41.8 Å². The number of thiazole rings is 1. The molecule has 6 heteroatoms. The molecule has 5 nitrogen and oxygen atoms in total. The fourth-order valence-corrected chi connectivity index (χ4v) is 6.97. The Labute approximate surface area is 238 Å². The highest BCUT2D eigenvalue weighted by Crippen LogP contribution is 2.36. The number of rotatable bonds is 10. The van der Waals surface area contributed by atoms with Crippen LogP contribution in [-0.2, 0) is 17.9 Å². The summed E-state index contributed by atoms with van der Waals surface area (Å²) in [4.78, 5) is 20.9. The topological polar surface area (TPSA) is 45.7 Å². The summed E-state index contributed by atoms with van der Waals surface area (Å²) in [5.41, 5.74) is 7.06. The normalized spacial score (nSPS) is 17.1. The van der Waals surface area contributed by atoms with E-state index in [-0.39, 0.29) is 5.92 Å². The Bertz CT molecular complexity index is 1240. The quantitative estimate of drug-likeness (QED) is 0.248. The fraction of sp³-hybridized carbons (Fsp3) is 0.515. The van der Waals surface area contributed by atoms with E-state index in [2.05, 4.69) is 72.5 Å². The molecule has 1 aromatic heterocycles. The van der Waals surface area contributed by atoms with Gasteiger partial charge in [0.15, 0.2) is 5.13 Å². The lowest BCUT2D eigenvalue weighted by Gasteiger charge is -2.29. The van der Waals surface area contributed by atoms with E-state index in [1.807, 2.05) is 0 Å². The standard InChI is InChI=1S/C33H43N3O2S/c1-24-9-12-32(30(17-24)31-23-39-33(34-31)36-15-13-27(21-37)14-16-36)38-22-29-11-10-28(18-25(29)2)20-35(3)19-26-7-5-4-6-8-26/h9-12,17-18,21,23,26-27H,4-8,13-16,19-20,22H2,1-3H3. The molecule has 0 spiro atoms. The lowest BCUT2D eigenvalue weighted by atomic mass is 9.89. The molecule has 0 atom stereocenters. The molecule has 208 valence electrons. The SMILES string of the molecule is Cc1ccc(OCc2ccc(CN(C)CC3CCCCC3)cc2C)c(-c2csc(N3CCC(C=O)CC3)n2)c1. The molecule has 2 aliphatic rings. The zero-order valence-corrected chi connectivity index (χ0v) is 24.6. The molecular formula is C33H43N3O2S. The van der Waals surface area contributed by atoms with Crippen molar-refractivity contribution in [3.05, 3.63) is 64.0 Å². The van der Waals surface area contributed by atoms with Crippen molar-refractivity contribution in [2.45, 2.75) is 71.9 Å². The molecule has 0 unspecified atom stereocenters. The van der Waals surface area contributed by atoms with Crippen LogP contribution in [0, 0.1) is 25.7 Å². The lowest BCUT2D eigenvalue weighted by Crippen LogP contribution is -2.33. The van der Waals surface area contributed by atoms with E-state index in [0.717, 1.165) is 66.8 Å². The van der Waals surface area contributed by atoms with Crippen LogP contribution in [0.2, 0.25) is 0 Å². The van der Waals surface area contributed by atoms with Gasteiger partial charge >= 0.3 is 0 Å². The summed E-state index contributed by atoms with van der Waals surface area (Å²) in [6.45, 7) is 8.82. The molecule has 1 aliphatic carbocycles. The zero-order valence-electron chi connectivity index (χ0n) is 23.8. The summed E-state index contributed by atoms with van der Waals surface area (Å²) in [5.74, 6) is 1.93. The predicted molar refractivity (Wildman–Crippen MR) is 162 cm³/mol. The third kappa shape index (κ3) is 7.29. The van der Waals surface area contributed by atoms with Crippen molar-refractivity contribution in [2.24, 2.45) is 11.8 Å². The molecule has 0 amide bonds. The minimum absolute atomic E-state index is 0.192. The van der Waals surface area contributed by atoms with Crippen LogP contribution in [0.25, 0.3) is 11.3 Å². The highest BCUT2D eigenvalue weighted by atomic mass is 32.1. The predicted octanol–water partition coefficient (Wildman–Crippen LogP) is 7.43. The Morgan fingerprint density at radius 1 is 1.05 bits per heavy atom. The number of anilines is 1. The Morgan fingerprint density at radius 3 is 2.59 bits per heavy atom. The van der Waals surface area contributed by atoms with Gasteiger partial charge in [-0.2, -0.15) is 0 Å². The largest absolute Gasteiger partial charge is 0.488 e. The van der Waals surface area contributed by atoms with E-state index < -0.39 is 0 Å². The van der Waals surface area contributed by atoms with Gasteiger partial charge in [-0.1, -0.05) is 49.1 Å². The van der Waals surface area contributed by atoms with Crippen molar-refractivity contribution in [2.75, 3.05) is 31.6 Å². The number of aryl methyl sites for hydroxylation is 2. The van der Waals surface area contributed by atoms with Crippen molar-refractivity contribution in [3.8, 4) is 17.0 Å². The van der Waals surface area contributed by atoms with E-state index in [4.69, 9.17) is 9.72 Å². The molecule has 3 aromatic rings. The summed E-state index contributed by atoms with van der Waals surface area (Å²) < 4.78 is 6.42. The maximum absolute atomic E-state index is 11.1. The number of aromatic nitrogens is 1. The molecule has 2 aromatic carbocycles. The molecule has 1 saturated carbocycles. The first-order chi connectivity index (χ1) is 19.0. The van der Waals surface area contributed by atoms with Gasteiger partial charge in [0.1, 0.15) is 18.6 Å². The van der Waals surface area contributed by atoms with E-state index in [1.54, 1.807) is 11.3 Å². The van der Waals surface area contributed by atoms with Crippen LogP contribution >= 0.6 is 11.3 Å². The van der Waals surface area contributed by atoms with Gasteiger partial charge in [0.05, 0.1) is 5.69 Å². The number of piperidine rings is 1. The van der Waals surface area contributed by atoms with Crippen molar-refractivity contribution in [3.63, 3.8) is 0 Å². The third-order valence-corrected chi connectivity index (χ3v) is 9.34. The molecule has 0 radical (unpaired) electrons. The maximum Gasteiger partial charge on any atom is 0.185 e. The minimum Gasteiger partial charge on any atom is -0.488 e. The number of ether oxygens (including phenoxy) is 1. The summed E-state index contributed by atoms with van der Waals surface area (Å²) in [7, 11) is 2.26. The highest BCUT2D eigenvalue weighted by molar-refractivity contribution is 7.14. The molecule has 2 heterocycles. The summed E-state index contributed by atoms with van der Waals surface area (Å²) in [5, 5.41) is 3.16. The van der Waals surface area contributed by atoms with Crippen molar-refractivity contribution >= 4 is 22.8 Å². The first-order valence-corrected chi connectivity index (χ1v) is 15.5. The Kier molecular flexibility index (Phi) is 9.36. The zero-order chi connectivity index (χ0) is 27.2. The number of hydrogen-bond donors (Lipinski definition) is 0. The summed E-state index contributed by atoms with van der Waals surface area (Å²) in [6.07, 6.45) is 9.93. The summed E-state index contributed by atoms with van der Waals surface area (Å²) in [6, 6.07) is 13.2. The van der Waals surface area contributed by atoms with Gasteiger partial charge in [-0.15, -0.1) is 11.3 Å². The average molecular weight is 546 g/mol. The Balaban J connectivity index is 1.22. The van der Waals surface area contributed by atoms with Gasteiger partial charge in [-0.05, 0) is 81.3 Å². The molecule has 1 aliphatic heterocycles. The van der Waals surface area contributed by atoms with Gasteiger partial charge in [0.2, 0.25) is 0 Å². The molecular weight excluding hydrogens is 502 g/mol. The molecule has 1 saturated heterocycles. The van der Waals surface area contributed by atoms with Gasteiger partial charge in [-0.3, -0.25) is 0 Å². The van der Waals surface area contributed by atoms with Crippen LogP contribution in [0.5, 0.6) is 5.75 Å². The van der Waals surface area contributed by atoms with E-state index in [1.165, 1.54) is 60.9 Å². The van der Waals surface area contributed by atoms with Gasteiger partial charge in [-0.25, -0.2) is 4.98 Å². The second kappa shape index (κ2) is 13.1. The molecule has 2 fully saturated rings. The molecule has 5 rings (SSSR count). The molecule has 0 N–H and O–H groups in total. The van der Waals surface area contributed by atoms with Crippen molar-refractivity contribution < 1.29 is 9.53 Å². The van der Waals surface area contributed by atoms with E-state index >= 15 is 0 Å². The molecule has 0 bridgehead atoms. The number of aldehydes is 1.